The number of pyridine rings is 1. The van der Waals surface area contributed by atoms with Crippen molar-refractivity contribution in [3.8, 4) is 28.6 Å². The van der Waals surface area contributed by atoms with Gasteiger partial charge in [-0.1, -0.05) is 41.6 Å². The van der Waals surface area contributed by atoms with Crippen LogP contribution in [-0.2, 0) is 7.05 Å². The molecular formula is C29H22ClFN2O5S. The second kappa shape index (κ2) is 10.8. The number of benzene rings is 3. The maximum Gasteiger partial charge on any atom is 0.307 e. The van der Waals surface area contributed by atoms with Crippen molar-refractivity contribution in [2.45, 2.75) is 0 Å². The Morgan fingerprint density at radius 3 is 2.41 bits per heavy atom. The number of aromatic nitrogens is 2. The van der Waals surface area contributed by atoms with Gasteiger partial charge < -0.3 is 19.1 Å². The van der Waals surface area contributed by atoms with Gasteiger partial charge in [0.25, 0.3) is 0 Å². The van der Waals surface area contributed by atoms with E-state index in [1.54, 1.807) is 66.2 Å². The Morgan fingerprint density at radius 1 is 1.05 bits per heavy atom. The van der Waals surface area contributed by atoms with E-state index < -0.39 is 5.82 Å². The van der Waals surface area contributed by atoms with Crippen LogP contribution in [0.5, 0.6) is 17.4 Å². The molecule has 2 aromatic heterocycles. The van der Waals surface area contributed by atoms with E-state index in [4.69, 9.17) is 21.1 Å². The number of H-pyrrole nitrogens is 1. The molecule has 7 nitrogen and oxygen atoms in total. The van der Waals surface area contributed by atoms with Crippen molar-refractivity contribution >= 4 is 39.4 Å². The summed E-state index contributed by atoms with van der Waals surface area (Å²) in [5, 5.41) is 10.8. The van der Waals surface area contributed by atoms with E-state index in [0.717, 1.165) is 11.3 Å². The van der Waals surface area contributed by atoms with E-state index in [1.807, 2.05) is 0 Å². The van der Waals surface area contributed by atoms with Crippen LogP contribution in [0.4, 0.5) is 4.39 Å². The molecule has 0 atom stereocenters. The minimum Gasteiger partial charge on any atom is -0.493 e. The molecule has 0 aliphatic heterocycles. The quantitative estimate of drug-likeness (QED) is 0.226. The van der Waals surface area contributed by atoms with Gasteiger partial charge in [0.15, 0.2) is 5.75 Å². The molecule has 0 saturated carbocycles. The summed E-state index contributed by atoms with van der Waals surface area (Å²) in [6, 6.07) is 17.8. The molecule has 0 radical (unpaired) electrons. The number of thiazole rings is 1. The number of aryl methyl sites for hydroxylation is 1. The summed E-state index contributed by atoms with van der Waals surface area (Å²) in [6.07, 6.45) is 0. The lowest BCUT2D eigenvalue weighted by molar-refractivity contribution is 0.216. The first-order valence-electron chi connectivity index (χ1n) is 11.8. The zero-order valence-electron chi connectivity index (χ0n) is 20.7. The number of fused-ring (bicyclic) bond motifs is 1. The van der Waals surface area contributed by atoms with Crippen LogP contribution in [0, 0.1) is 5.82 Å². The molecule has 10 heteroatoms. The van der Waals surface area contributed by atoms with Crippen LogP contribution in [-0.4, -0.2) is 27.9 Å². The van der Waals surface area contributed by atoms with Gasteiger partial charge in [0.2, 0.25) is 11.3 Å². The number of aromatic amines is 1. The Balaban J connectivity index is 1.34. The molecule has 2 heterocycles. The van der Waals surface area contributed by atoms with E-state index in [-0.39, 0.29) is 35.1 Å². The lowest BCUT2D eigenvalue weighted by atomic mass is 10.1. The summed E-state index contributed by atoms with van der Waals surface area (Å²) >= 11 is 7.07. The standard InChI is InChI=1S/C29H22ClFN2O5S/c1-16(27-28(35)32-29(36)39-27)17-5-10-21(11-6-17)37-13-14-38-26-24(18-3-8-20(31)9-4-18)33(2)23-15-19(30)7-12-22(23)25(26)34/h3-12,15,35H,1,13-14H2,2H3,(H,32,36). The summed E-state index contributed by atoms with van der Waals surface area (Å²) in [6.45, 7) is 4.17. The maximum absolute atomic E-state index is 13.6. The van der Waals surface area contributed by atoms with Crippen molar-refractivity contribution in [2.75, 3.05) is 13.2 Å². The van der Waals surface area contributed by atoms with E-state index in [1.165, 1.54) is 12.1 Å². The average molecular weight is 565 g/mol. The largest absolute Gasteiger partial charge is 0.493 e. The first-order chi connectivity index (χ1) is 18.7. The molecule has 0 fully saturated rings. The van der Waals surface area contributed by atoms with Gasteiger partial charge in [-0.15, -0.1) is 0 Å². The minimum atomic E-state index is -0.390. The van der Waals surface area contributed by atoms with Crippen LogP contribution in [0.1, 0.15) is 10.4 Å². The smallest absolute Gasteiger partial charge is 0.307 e. The fraction of sp³-hybridized carbons (Fsp3) is 0.103. The highest BCUT2D eigenvalue weighted by atomic mass is 35.5. The van der Waals surface area contributed by atoms with Gasteiger partial charge in [-0.3, -0.25) is 14.6 Å². The van der Waals surface area contributed by atoms with Crippen molar-refractivity contribution in [1.82, 2.24) is 9.55 Å². The molecule has 0 amide bonds. The molecule has 0 aliphatic carbocycles. The predicted octanol–water partition coefficient (Wildman–Crippen LogP) is 5.97. The van der Waals surface area contributed by atoms with E-state index >= 15 is 0 Å². The van der Waals surface area contributed by atoms with Gasteiger partial charge in [0, 0.05) is 23.0 Å². The molecule has 0 bridgehead atoms. The van der Waals surface area contributed by atoms with Crippen LogP contribution in [0.25, 0.3) is 27.7 Å². The Kier molecular flexibility index (Phi) is 7.28. The number of hydrogen-bond donors (Lipinski definition) is 2. The summed E-state index contributed by atoms with van der Waals surface area (Å²) in [4.78, 5) is 27.2. The molecule has 2 N–H and O–H groups in total. The van der Waals surface area contributed by atoms with Gasteiger partial charge in [0.05, 0.1) is 16.1 Å². The van der Waals surface area contributed by atoms with Gasteiger partial charge in [-0.05, 0) is 65.7 Å². The van der Waals surface area contributed by atoms with Crippen molar-refractivity contribution < 1.29 is 19.0 Å². The molecule has 0 unspecified atom stereocenters. The van der Waals surface area contributed by atoms with Crippen molar-refractivity contribution in [3.63, 3.8) is 0 Å². The van der Waals surface area contributed by atoms with E-state index in [2.05, 4.69) is 11.6 Å². The molecule has 3 aromatic carbocycles. The fourth-order valence-electron chi connectivity index (χ4n) is 4.25. The third-order valence-corrected chi connectivity index (χ3v) is 7.31. The molecule has 0 aliphatic rings. The van der Waals surface area contributed by atoms with Crippen LogP contribution in [0.15, 0.2) is 82.9 Å². The highest BCUT2D eigenvalue weighted by Gasteiger charge is 2.19. The third kappa shape index (κ3) is 5.32. The molecule has 0 spiro atoms. The number of ether oxygens (including phenoxy) is 2. The number of aromatic hydroxyl groups is 1. The molecule has 5 rings (SSSR count). The third-order valence-electron chi connectivity index (χ3n) is 6.15. The number of halogens is 2. The van der Waals surface area contributed by atoms with Gasteiger partial charge in [-0.25, -0.2) is 4.39 Å². The average Bonchev–Trinajstić information content (AvgIpc) is 3.27. The highest BCUT2D eigenvalue weighted by Crippen LogP contribution is 2.32. The topological polar surface area (TPSA) is 93.5 Å². The van der Waals surface area contributed by atoms with E-state index in [9.17, 15) is 19.1 Å². The summed E-state index contributed by atoms with van der Waals surface area (Å²) in [5.41, 5.74) is 2.64. The van der Waals surface area contributed by atoms with Crippen LogP contribution < -0.4 is 19.8 Å². The zero-order valence-corrected chi connectivity index (χ0v) is 22.2. The molecule has 198 valence electrons. The van der Waals surface area contributed by atoms with Crippen molar-refractivity contribution in [1.29, 1.82) is 0 Å². The lowest BCUT2D eigenvalue weighted by Gasteiger charge is -2.18. The molecule has 5 aromatic rings. The maximum atomic E-state index is 13.6. The van der Waals surface area contributed by atoms with Crippen molar-refractivity contribution in [2.24, 2.45) is 7.05 Å². The van der Waals surface area contributed by atoms with Crippen LogP contribution in [0.2, 0.25) is 5.02 Å². The second-order valence-corrected chi connectivity index (χ2v) is 10.0. The molecular weight excluding hydrogens is 543 g/mol. The second-order valence-electron chi connectivity index (χ2n) is 8.63. The normalized spacial score (nSPS) is 11.1. The fourth-order valence-corrected chi connectivity index (χ4v) is 5.14. The summed E-state index contributed by atoms with van der Waals surface area (Å²) in [7, 11) is 1.79. The minimum absolute atomic E-state index is 0.0716. The Morgan fingerprint density at radius 2 is 1.74 bits per heavy atom. The molecule has 0 saturated heterocycles. The zero-order chi connectivity index (χ0) is 27.7. The predicted molar refractivity (Wildman–Crippen MR) is 152 cm³/mol. The first kappa shape index (κ1) is 26.3. The van der Waals surface area contributed by atoms with Gasteiger partial charge >= 0.3 is 4.87 Å². The number of nitrogens with zero attached hydrogens (tertiary/aromatic N) is 1. The molecule has 39 heavy (non-hydrogen) atoms. The van der Waals surface area contributed by atoms with Gasteiger partial charge in [-0.2, -0.15) is 0 Å². The van der Waals surface area contributed by atoms with Crippen molar-refractivity contribution in [3.05, 3.63) is 114 Å². The SMILES string of the molecule is C=C(c1ccc(OCCOc2c(-c3ccc(F)cc3)n(C)c3cc(Cl)ccc3c2=O)cc1)c1sc(=O)[nH]c1O. The highest BCUT2D eigenvalue weighted by molar-refractivity contribution is 7.10. The van der Waals surface area contributed by atoms with Gasteiger partial charge in [0.1, 0.15) is 24.8 Å². The van der Waals surface area contributed by atoms with Crippen LogP contribution >= 0.6 is 22.9 Å². The number of nitrogens with one attached hydrogen (secondary N) is 1. The lowest BCUT2D eigenvalue weighted by Crippen LogP contribution is -2.18. The summed E-state index contributed by atoms with van der Waals surface area (Å²) < 4.78 is 27.2. The number of rotatable bonds is 8. The van der Waals surface area contributed by atoms with Crippen LogP contribution in [0.3, 0.4) is 0 Å². The Hall–Kier alpha value is -4.34. The number of hydrogen-bond acceptors (Lipinski definition) is 6. The Bertz CT molecular complexity index is 1810. The van der Waals surface area contributed by atoms with E-state index in [0.29, 0.717) is 48.9 Å². The monoisotopic (exact) mass is 564 g/mol. The Labute approximate surface area is 231 Å². The first-order valence-corrected chi connectivity index (χ1v) is 13.0. The summed E-state index contributed by atoms with van der Waals surface area (Å²) in [5.74, 6) is 0.0788.